The van der Waals surface area contributed by atoms with Crippen LogP contribution in [0.1, 0.15) is 70.7 Å². The van der Waals surface area contributed by atoms with E-state index in [0.29, 0.717) is 13.2 Å². The van der Waals surface area contributed by atoms with Crippen LogP contribution in [0.4, 0.5) is 0 Å². The van der Waals surface area contributed by atoms with E-state index < -0.39 is 19.3 Å². The Hall–Kier alpha value is -1.22. The lowest BCUT2D eigenvalue weighted by molar-refractivity contribution is 0.230. The van der Waals surface area contributed by atoms with Gasteiger partial charge in [0.25, 0.3) is 0 Å². The molecule has 0 aromatic heterocycles. The van der Waals surface area contributed by atoms with Crippen molar-refractivity contribution in [2.24, 2.45) is 10.9 Å². The molecule has 0 bridgehead atoms. The van der Waals surface area contributed by atoms with Crippen molar-refractivity contribution in [2.45, 2.75) is 83.3 Å². The Labute approximate surface area is 185 Å². The van der Waals surface area contributed by atoms with Crippen LogP contribution in [-0.4, -0.2) is 45.8 Å². The van der Waals surface area contributed by atoms with E-state index in [0.717, 1.165) is 29.5 Å². The first kappa shape index (κ1) is 25.0. The quantitative estimate of drug-likeness (QED) is 0.208. The van der Waals surface area contributed by atoms with Crippen LogP contribution in [0, 0.1) is 0 Å². The predicted octanol–water partition coefficient (Wildman–Crippen LogP) is 4.55. The highest BCUT2D eigenvalue weighted by atomic mass is 32.2. The van der Waals surface area contributed by atoms with Gasteiger partial charge in [-0.25, -0.2) is 8.51 Å². The van der Waals surface area contributed by atoms with Gasteiger partial charge in [0.05, 0.1) is 4.75 Å². The van der Waals surface area contributed by atoms with Gasteiger partial charge >= 0.3 is 0 Å². The second-order valence-corrected chi connectivity index (χ2v) is 17.5. The van der Waals surface area contributed by atoms with E-state index >= 15 is 0 Å². The van der Waals surface area contributed by atoms with E-state index in [1.54, 1.807) is 0 Å². The molecule has 1 aromatic rings. The highest BCUT2D eigenvalue weighted by Gasteiger charge is 2.39. The molecule has 0 amide bonds. The molecule has 170 valence electrons. The van der Waals surface area contributed by atoms with E-state index in [-0.39, 0.29) is 21.7 Å². The van der Waals surface area contributed by atoms with E-state index in [1.807, 2.05) is 32.9 Å². The second-order valence-electron chi connectivity index (χ2n) is 10.5. The number of hydrogen-bond acceptors (Lipinski definition) is 4. The number of benzene rings is 1. The highest BCUT2D eigenvalue weighted by Crippen LogP contribution is 2.40. The van der Waals surface area contributed by atoms with Crippen molar-refractivity contribution in [3.8, 4) is 0 Å². The van der Waals surface area contributed by atoms with Crippen LogP contribution in [-0.2, 0) is 21.8 Å². The number of hydrogen-bond donors (Lipinski definition) is 2. The summed E-state index contributed by atoms with van der Waals surface area (Å²) in [6, 6.07) is 5.90. The van der Waals surface area contributed by atoms with Crippen LogP contribution in [0.15, 0.2) is 23.4 Å². The van der Waals surface area contributed by atoms with Crippen LogP contribution in [0.2, 0.25) is 18.1 Å². The van der Waals surface area contributed by atoms with Crippen LogP contribution in [0.5, 0.6) is 0 Å². The van der Waals surface area contributed by atoms with Gasteiger partial charge in [-0.3, -0.25) is 0 Å². The average Bonchev–Trinajstić information content (AvgIpc) is 3.06. The van der Waals surface area contributed by atoms with Gasteiger partial charge in [-0.05, 0) is 62.9 Å². The molecule has 2 atom stereocenters. The fraction of sp³-hybridized carbons (Fsp3) is 0.682. The zero-order chi connectivity index (χ0) is 22.9. The normalized spacial score (nSPS) is 19.2. The first-order chi connectivity index (χ1) is 13.7. The van der Waals surface area contributed by atoms with Crippen molar-refractivity contribution >= 4 is 25.1 Å². The summed E-state index contributed by atoms with van der Waals surface area (Å²) < 4.78 is 21.6. The minimum absolute atomic E-state index is 0.0227. The van der Waals surface area contributed by atoms with Crippen molar-refractivity contribution in [3.05, 3.63) is 34.9 Å². The molecular formula is C22H39N3O3SSi. The maximum Gasteiger partial charge on any atom is 0.192 e. The third-order valence-electron chi connectivity index (χ3n) is 6.29. The fourth-order valence-electron chi connectivity index (χ4n) is 3.54. The Balaban J connectivity index is 2.32. The Morgan fingerprint density at radius 3 is 2.47 bits per heavy atom. The molecule has 0 saturated heterocycles. The fourth-order valence-corrected chi connectivity index (χ4v) is 5.97. The number of nitrogens with two attached hydrogens (primary N) is 1. The van der Waals surface area contributed by atoms with Crippen LogP contribution in [0.25, 0.3) is 0 Å². The van der Waals surface area contributed by atoms with E-state index in [9.17, 15) is 4.21 Å². The summed E-state index contributed by atoms with van der Waals surface area (Å²) in [4.78, 5) is 0. The Bertz CT molecular complexity index is 813. The molecule has 8 heteroatoms. The number of fused-ring (bicyclic) bond motifs is 1. The van der Waals surface area contributed by atoms with Crippen molar-refractivity contribution < 1.29 is 13.8 Å². The second kappa shape index (κ2) is 9.10. The zero-order valence-electron chi connectivity index (χ0n) is 19.8. The summed E-state index contributed by atoms with van der Waals surface area (Å²) >= 11 is 0. The number of amidine groups is 1. The van der Waals surface area contributed by atoms with E-state index in [2.05, 4.69) is 49.4 Å². The van der Waals surface area contributed by atoms with Crippen molar-refractivity contribution in [2.75, 3.05) is 13.2 Å². The number of rotatable bonds is 7. The lowest BCUT2D eigenvalue weighted by atomic mass is 10.0. The third-order valence-corrected chi connectivity index (χ3v) is 12.7. The SMILES string of the molecule is CC(C)(C)S(=O)N(CCO[Si](C)(C)C(C)(C)C)[C@H]1CCc2c(C(N)=NO)cccc21. The average molecular weight is 454 g/mol. The molecule has 0 heterocycles. The lowest BCUT2D eigenvalue weighted by Gasteiger charge is -2.38. The minimum Gasteiger partial charge on any atom is -0.415 e. The zero-order valence-corrected chi connectivity index (χ0v) is 21.6. The summed E-state index contributed by atoms with van der Waals surface area (Å²) in [6.07, 6.45) is 1.67. The molecule has 0 saturated carbocycles. The van der Waals surface area contributed by atoms with Gasteiger partial charge in [-0.1, -0.05) is 44.1 Å². The molecule has 0 radical (unpaired) electrons. The van der Waals surface area contributed by atoms with Gasteiger partial charge in [-0.2, -0.15) is 0 Å². The highest BCUT2D eigenvalue weighted by molar-refractivity contribution is 7.84. The molecule has 1 aliphatic carbocycles. The Kier molecular flexibility index (Phi) is 7.60. The molecular weight excluding hydrogens is 414 g/mol. The van der Waals surface area contributed by atoms with E-state index in [1.165, 1.54) is 0 Å². The van der Waals surface area contributed by atoms with Crippen molar-refractivity contribution in [1.82, 2.24) is 4.31 Å². The van der Waals surface area contributed by atoms with Gasteiger partial charge in [0.1, 0.15) is 11.0 Å². The molecule has 0 aliphatic heterocycles. The number of oxime groups is 1. The molecule has 3 N–H and O–H groups in total. The van der Waals surface area contributed by atoms with Gasteiger partial charge in [0.2, 0.25) is 0 Å². The summed E-state index contributed by atoms with van der Waals surface area (Å²) in [5.41, 5.74) is 8.86. The smallest absolute Gasteiger partial charge is 0.192 e. The van der Waals surface area contributed by atoms with Gasteiger partial charge in [0, 0.05) is 24.8 Å². The minimum atomic E-state index is -1.88. The molecule has 1 aliphatic rings. The summed E-state index contributed by atoms with van der Waals surface area (Å²) in [5.74, 6) is 0.122. The summed E-state index contributed by atoms with van der Waals surface area (Å²) in [6.45, 7) is 18.4. The molecule has 6 nitrogen and oxygen atoms in total. The molecule has 1 unspecified atom stereocenters. The van der Waals surface area contributed by atoms with Gasteiger partial charge in [-0.15, -0.1) is 0 Å². The standard InChI is InChI=1S/C22H39N3O3SSi/c1-21(2,3)29(27)25(14-15-28-30(7,8)22(4,5)6)19-13-12-16-17(19)10-9-11-18(16)20(23)24-26/h9-11,19,26H,12-15H2,1-8H3,(H2,23,24)/t19-,29?/m0/s1. The van der Waals surface area contributed by atoms with Crippen molar-refractivity contribution in [3.63, 3.8) is 0 Å². The van der Waals surface area contributed by atoms with Gasteiger partial charge < -0.3 is 15.4 Å². The molecule has 0 fully saturated rings. The summed E-state index contributed by atoms with van der Waals surface area (Å²) in [5, 5.41) is 12.5. The monoisotopic (exact) mass is 453 g/mol. The maximum absolute atomic E-state index is 13.5. The molecule has 1 aromatic carbocycles. The summed E-state index contributed by atoms with van der Waals surface area (Å²) in [7, 11) is -3.06. The topological polar surface area (TPSA) is 88.2 Å². The van der Waals surface area contributed by atoms with Crippen LogP contribution < -0.4 is 5.73 Å². The molecule has 0 spiro atoms. The number of nitrogens with zero attached hydrogens (tertiary/aromatic N) is 2. The predicted molar refractivity (Wildman–Crippen MR) is 128 cm³/mol. The first-order valence-corrected chi connectivity index (χ1v) is 14.6. The Morgan fingerprint density at radius 1 is 1.30 bits per heavy atom. The van der Waals surface area contributed by atoms with Crippen LogP contribution >= 0.6 is 0 Å². The van der Waals surface area contributed by atoms with Crippen LogP contribution in [0.3, 0.4) is 0 Å². The largest absolute Gasteiger partial charge is 0.415 e. The van der Waals surface area contributed by atoms with Gasteiger partial charge in [0.15, 0.2) is 14.2 Å². The third kappa shape index (κ3) is 5.33. The van der Waals surface area contributed by atoms with Crippen molar-refractivity contribution in [1.29, 1.82) is 0 Å². The van der Waals surface area contributed by atoms with E-state index in [4.69, 9.17) is 15.4 Å². The maximum atomic E-state index is 13.5. The Morgan fingerprint density at radius 2 is 1.93 bits per heavy atom. The lowest BCUT2D eigenvalue weighted by Crippen LogP contribution is -2.45. The molecule has 2 rings (SSSR count). The molecule has 30 heavy (non-hydrogen) atoms. The first-order valence-electron chi connectivity index (χ1n) is 10.6.